The molecule has 0 unspecified atom stereocenters. The molecule has 2 N–H and O–H groups in total. The van der Waals surface area contributed by atoms with Gasteiger partial charge in [-0.1, -0.05) is 36.4 Å². The zero-order valence-electron chi connectivity index (χ0n) is 21.5. The molecule has 0 atom stereocenters. The third-order valence-electron chi connectivity index (χ3n) is 6.06. The summed E-state index contributed by atoms with van der Waals surface area (Å²) >= 11 is 0. The molecule has 5 rings (SSSR count). The lowest BCUT2D eigenvalue weighted by Crippen LogP contribution is -2.04. The number of aromatic hydroxyl groups is 2. The zero-order chi connectivity index (χ0) is 27.4. The summed E-state index contributed by atoms with van der Waals surface area (Å²) in [5, 5.41) is 20.5. The fraction of sp³-hybridized carbons (Fsp3) is 0.200. The van der Waals surface area contributed by atoms with Crippen LogP contribution in [0.2, 0.25) is 0 Å². The average Bonchev–Trinajstić information content (AvgIpc) is 3.09. The Bertz CT molecular complexity index is 1580. The van der Waals surface area contributed by atoms with Gasteiger partial charge in [0.15, 0.2) is 5.43 Å². The van der Waals surface area contributed by atoms with E-state index in [-0.39, 0.29) is 39.4 Å². The van der Waals surface area contributed by atoms with Crippen molar-refractivity contribution in [2.75, 3.05) is 20.8 Å². The Balaban J connectivity index is 0.000000177. The lowest BCUT2D eigenvalue weighted by Gasteiger charge is -2.11. The molecule has 2 heterocycles. The van der Waals surface area contributed by atoms with Crippen molar-refractivity contribution in [1.29, 1.82) is 0 Å². The van der Waals surface area contributed by atoms with Gasteiger partial charge in [-0.05, 0) is 25.8 Å². The molecule has 1 aliphatic heterocycles. The van der Waals surface area contributed by atoms with Crippen LogP contribution in [0, 0.1) is 6.92 Å². The lowest BCUT2D eigenvalue weighted by atomic mass is 10.0. The summed E-state index contributed by atoms with van der Waals surface area (Å²) in [6.45, 7) is 4.15. The largest absolute Gasteiger partial charge is 0.507 e. The van der Waals surface area contributed by atoms with E-state index >= 15 is 0 Å². The first-order chi connectivity index (χ1) is 18.2. The molecule has 1 aliphatic rings. The number of benzene rings is 3. The van der Waals surface area contributed by atoms with Gasteiger partial charge in [0.05, 0.1) is 14.2 Å². The molecule has 0 radical (unpaired) electrons. The molecule has 3 aromatic carbocycles. The Hall–Kier alpha value is -4.72. The van der Waals surface area contributed by atoms with Crippen LogP contribution in [0.5, 0.6) is 28.7 Å². The first-order valence-corrected chi connectivity index (χ1v) is 11.9. The number of aryl methyl sites for hydroxylation is 1. The minimum atomic E-state index is -0.294. The number of methoxy groups -OCH3 is 2. The molecule has 0 amide bonds. The third-order valence-corrected chi connectivity index (χ3v) is 6.06. The van der Waals surface area contributed by atoms with E-state index in [0.717, 1.165) is 5.57 Å². The maximum atomic E-state index is 12.4. The van der Waals surface area contributed by atoms with Gasteiger partial charge in [0.2, 0.25) is 5.78 Å². The maximum Gasteiger partial charge on any atom is 0.200 e. The van der Waals surface area contributed by atoms with E-state index in [1.54, 1.807) is 43.3 Å². The van der Waals surface area contributed by atoms with E-state index in [9.17, 15) is 19.8 Å². The second-order valence-corrected chi connectivity index (χ2v) is 8.76. The summed E-state index contributed by atoms with van der Waals surface area (Å²) in [6.07, 6.45) is 2.55. The molecule has 8 nitrogen and oxygen atoms in total. The van der Waals surface area contributed by atoms with Crippen molar-refractivity contribution in [2.24, 2.45) is 0 Å². The van der Waals surface area contributed by atoms with Crippen LogP contribution >= 0.6 is 0 Å². The van der Waals surface area contributed by atoms with Gasteiger partial charge in [0, 0.05) is 35.4 Å². The number of carbonyl (C=O) groups excluding carboxylic acids is 1. The average molecular weight is 517 g/mol. The van der Waals surface area contributed by atoms with Crippen LogP contribution in [0.15, 0.2) is 75.5 Å². The van der Waals surface area contributed by atoms with Gasteiger partial charge in [-0.3, -0.25) is 9.59 Å². The summed E-state index contributed by atoms with van der Waals surface area (Å²) in [6, 6.07) is 14.7. The van der Waals surface area contributed by atoms with Crippen molar-refractivity contribution in [3.63, 3.8) is 0 Å². The first kappa shape index (κ1) is 26.3. The Kier molecular flexibility index (Phi) is 7.71. The van der Waals surface area contributed by atoms with Crippen LogP contribution in [0.25, 0.3) is 11.0 Å². The van der Waals surface area contributed by atoms with E-state index in [2.05, 4.69) is 0 Å². The number of carbonyl (C=O) groups is 1. The SMILES string of the molecule is CC1=CCc2c(cc3oc(C)cc(=O)c3c2O)OC1.COc1cc(O)c(C(=O)c2ccccc2)c(OC)c1. The summed E-state index contributed by atoms with van der Waals surface area (Å²) in [5.41, 5.74) is 2.48. The maximum absolute atomic E-state index is 12.4. The molecule has 4 aromatic rings. The second kappa shape index (κ2) is 11.1. The fourth-order valence-electron chi connectivity index (χ4n) is 4.11. The smallest absolute Gasteiger partial charge is 0.200 e. The standard InChI is InChI=1S/2C15H14O4/c1-8-3-4-10-12(18-7-8)6-13-14(15(10)17)11(16)5-9(2)19-13;1-18-11-8-12(16)14(13(9-11)19-2)15(17)10-6-4-3-5-7-10/h3,5-6,17H,4,7H2,1-2H3;3-9,16H,1-2H3. The van der Waals surface area contributed by atoms with Crippen molar-refractivity contribution in [3.8, 4) is 28.7 Å². The van der Waals surface area contributed by atoms with Gasteiger partial charge in [-0.15, -0.1) is 0 Å². The number of phenolic OH excluding ortho intramolecular Hbond substituents is 2. The summed E-state index contributed by atoms with van der Waals surface area (Å²) in [7, 11) is 2.92. The van der Waals surface area contributed by atoms with Crippen LogP contribution in [0.1, 0.15) is 34.2 Å². The number of hydrogen-bond donors (Lipinski definition) is 2. The number of phenols is 2. The van der Waals surface area contributed by atoms with Gasteiger partial charge in [-0.25, -0.2) is 0 Å². The molecule has 0 saturated heterocycles. The molecule has 0 spiro atoms. The fourth-order valence-corrected chi connectivity index (χ4v) is 4.11. The quantitative estimate of drug-likeness (QED) is 0.276. The van der Waals surface area contributed by atoms with Gasteiger partial charge in [0.25, 0.3) is 0 Å². The number of rotatable bonds is 4. The molecule has 38 heavy (non-hydrogen) atoms. The summed E-state index contributed by atoms with van der Waals surface area (Å²) in [5.74, 6) is 1.31. The van der Waals surface area contributed by atoms with Gasteiger partial charge >= 0.3 is 0 Å². The molecule has 196 valence electrons. The van der Waals surface area contributed by atoms with Crippen molar-refractivity contribution in [1.82, 2.24) is 0 Å². The van der Waals surface area contributed by atoms with Crippen molar-refractivity contribution in [3.05, 3.63) is 98.9 Å². The Morgan fingerprint density at radius 1 is 0.974 bits per heavy atom. The molecular formula is C30H28O8. The Morgan fingerprint density at radius 2 is 1.71 bits per heavy atom. The Labute approximate surface area is 219 Å². The van der Waals surface area contributed by atoms with Crippen LogP contribution in [0.4, 0.5) is 0 Å². The summed E-state index contributed by atoms with van der Waals surface area (Å²) in [4.78, 5) is 24.3. The zero-order valence-corrected chi connectivity index (χ0v) is 21.5. The number of fused-ring (bicyclic) bond motifs is 2. The van der Waals surface area contributed by atoms with Crippen LogP contribution in [0.3, 0.4) is 0 Å². The first-order valence-electron chi connectivity index (χ1n) is 11.9. The molecule has 0 fully saturated rings. The topological polar surface area (TPSA) is 115 Å². The highest BCUT2D eigenvalue weighted by Crippen LogP contribution is 2.37. The highest BCUT2D eigenvalue weighted by Gasteiger charge is 2.21. The van der Waals surface area contributed by atoms with Gasteiger partial charge in [0.1, 0.15) is 57.6 Å². The number of ether oxygens (including phenoxy) is 3. The molecular weight excluding hydrogens is 488 g/mol. The third kappa shape index (κ3) is 5.34. The molecule has 8 heteroatoms. The van der Waals surface area contributed by atoms with Gasteiger partial charge < -0.3 is 28.8 Å². The van der Waals surface area contributed by atoms with Crippen molar-refractivity contribution >= 4 is 16.8 Å². The normalized spacial score (nSPS) is 12.3. The number of ketones is 1. The van der Waals surface area contributed by atoms with Crippen LogP contribution in [-0.4, -0.2) is 36.8 Å². The minimum absolute atomic E-state index is 0.0350. The predicted molar refractivity (Wildman–Crippen MR) is 143 cm³/mol. The second-order valence-electron chi connectivity index (χ2n) is 8.76. The minimum Gasteiger partial charge on any atom is -0.507 e. The van der Waals surface area contributed by atoms with E-state index in [0.29, 0.717) is 47.0 Å². The van der Waals surface area contributed by atoms with E-state index < -0.39 is 0 Å². The summed E-state index contributed by atoms with van der Waals surface area (Å²) < 4.78 is 21.3. The molecule has 0 bridgehead atoms. The molecule has 0 saturated carbocycles. The van der Waals surface area contributed by atoms with E-state index in [4.69, 9.17) is 18.6 Å². The molecule has 0 aliphatic carbocycles. The lowest BCUT2D eigenvalue weighted by molar-refractivity contribution is 0.103. The van der Waals surface area contributed by atoms with E-state index in [1.807, 2.05) is 19.1 Å². The van der Waals surface area contributed by atoms with Crippen LogP contribution < -0.4 is 19.6 Å². The van der Waals surface area contributed by atoms with Crippen molar-refractivity contribution in [2.45, 2.75) is 20.3 Å². The number of allylic oxidation sites excluding steroid dienone is 1. The Morgan fingerprint density at radius 3 is 2.39 bits per heavy atom. The molecule has 1 aromatic heterocycles. The van der Waals surface area contributed by atoms with Crippen molar-refractivity contribution < 1.29 is 33.6 Å². The monoisotopic (exact) mass is 516 g/mol. The van der Waals surface area contributed by atoms with E-state index in [1.165, 1.54) is 26.4 Å². The van der Waals surface area contributed by atoms with Gasteiger partial charge in [-0.2, -0.15) is 0 Å². The highest BCUT2D eigenvalue weighted by atomic mass is 16.5. The van der Waals surface area contributed by atoms with Crippen LogP contribution in [-0.2, 0) is 6.42 Å². The highest BCUT2D eigenvalue weighted by molar-refractivity contribution is 6.12. The number of hydrogen-bond acceptors (Lipinski definition) is 8. The predicted octanol–water partition coefficient (Wildman–Crippen LogP) is 5.33.